The molecule has 0 aromatic rings. The maximum atomic E-state index is 12.0. The van der Waals surface area contributed by atoms with E-state index in [1.54, 1.807) is 0 Å². The van der Waals surface area contributed by atoms with E-state index in [0.717, 1.165) is 32.1 Å². The summed E-state index contributed by atoms with van der Waals surface area (Å²) >= 11 is 0. The predicted molar refractivity (Wildman–Crippen MR) is 181 cm³/mol. The number of amides is 3. The molecule has 0 bridgehead atoms. The fraction of sp³-hybridized carbons (Fsp3) is 0.914. The first kappa shape index (κ1) is 43.2. The van der Waals surface area contributed by atoms with Crippen LogP contribution in [0.2, 0.25) is 0 Å². The minimum atomic E-state index is -0.0869. The Morgan fingerprint density at radius 3 is 1.04 bits per heavy atom. The van der Waals surface area contributed by atoms with Crippen molar-refractivity contribution in [3.63, 3.8) is 0 Å². The average molecular weight is 644 g/mol. The molecule has 0 saturated carbocycles. The van der Waals surface area contributed by atoms with Crippen LogP contribution in [-0.4, -0.2) is 90.2 Å². The van der Waals surface area contributed by atoms with Crippen molar-refractivity contribution in [2.24, 2.45) is 0 Å². The third-order valence-corrected chi connectivity index (χ3v) is 7.44. The lowest BCUT2D eigenvalue weighted by molar-refractivity contribution is -0.123. The largest absolute Gasteiger partial charge is 0.379 e. The Morgan fingerprint density at radius 2 is 0.644 bits per heavy atom. The van der Waals surface area contributed by atoms with Crippen LogP contribution < -0.4 is 16.0 Å². The van der Waals surface area contributed by atoms with E-state index in [0.29, 0.717) is 85.3 Å². The molecule has 0 unspecified atom stereocenters. The van der Waals surface area contributed by atoms with Gasteiger partial charge in [0.05, 0.1) is 52.9 Å². The first-order valence-electron chi connectivity index (χ1n) is 18.2. The third-order valence-electron chi connectivity index (χ3n) is 7.44. The molecule has 0 atom stereocenters. The molecule has 10 nitrogen and oxygen atoms in total. The molecular weight excluding hydrogens is 574 g/mol. The van der Waals surface area contributed by atoms with Gasteiger partial charge in [-0.05, 0) is 12.8 Å². The Kier molecular flexibility index (Phi) is 35.3. The van der Waals surface area contributed by atoms with Gasteiger partial charge < -0.3 is 34.9 Å². The molecule has 0 rings (SSSR count). The number of nitrogens with one attached hydrogen (secondary N) is 3. The van der Waals surface area contributed by atoms with Gasteiger partial charge >= 0.3 is 0 Å². The summed E-state index contributed by atoms with van der Waals surface area (Å²) in [7, 11) is 0. The van der Waals surface area contributed by atoms with Crippen molar-refractivity contribution in [2.75, 3.05) is 72.5 Å². The molecule has 45 heavy (non-hydrogen) atoms. The molecule has 0 aromatic heterocycles. The van der Waals surface area contributed by atoms with Crippen LogP contribution in [0.3, 0.4) is 0 Å². The predicted octanol–water partition coefficient (Wildman–Crippen LogP) is 5.85. The Balaban J connectivity index is 3.27. The number of carbonyl (C=O) groups excluding carboxylic acids is 3. The second-order valence-corrected chi connectivity index (χ2v) is 11.7. The van der Waals surface area contributed by atoms with E-state index in [2.05, 4.69) is 29.8 Å². The Labute approximate surface area is 275 Å². The van der Waals surface area contributed by atoms with Crippen LogP contribution in [0, 0.1) is 0 Å². The first-order chi connectivity index (χ1) is 22.1. The van der Waals surface area contributed by atoms with Gasteiger partial charge in [-0.1, -0.05) is 104 Å². The van der Waals surface area contributed by atoms with Crippen molar-refractivity contribution in [3.05, 3.63) is 0 Å². The highest BCUT2D eigenvalue weighted by Gasteiger charge is 2.03. The molecule has 0 radical (unpaired) electrons. The molecule has 3 N–H and O–H groups in total. The highest BCUT2D eigenvalue weighted by atomic mass is 16.5. The highest BCUT2D eigenvalue weighted by Crippen LogP contribution is 2.12. The van der Waals surface area contributed by atoms with Gasteiger partial charge in [0.2, 0.25) is 17.7 Å². The van der Waals surface area contributed by atoms with Crippen molar-refractivity contribution < 1.29 is 33.3 Å². The summed E-state index contributed by atoms with van der Waals surface area (Å²) in [5.41, 5.74) is 0. The molecule has 0 fully saturated rings. The highest BCUT2D eigenvalue weighted by molar-refractivity contribution is 5.76. The van der Waals surface area contributed by atoms with Crippen molar-refractivity contribution in [1.29, 1.82) is 0 Å². The standard InChI is InChI=1S/C35H69N3O7/c1-3-5-7-8-9-10-11-12-13-14-15-16-18-20-34(40)37-23-27-44-31-32-45-28-24-38-35(41)21-25-42-29-30-43-26-22-36-33(39)19-17-6-4-2/h3-32H2,1-2H3,(H,36,39)(H,37,40)(H,38,41). The van der Waals surface area contributed by atoms with E-state index >= 15 is 0 Å². The number of unbranched alkanes of at least 4 members (excludes halogenated alkanes) is 14. The van der Waals surface area contributed by atoms with E-state index in [1.807, 2.05) is 0 Å². The van der Waals surface area contributed by atoms with Crippen LogP contribution in [0.1, 0.15) is 136 Å². The summed E-state index contributed by atoms with van der Waals surface area (Å²) in [6.07, 6.45) is 21.5. The maximum Gasteiger partial charge on any atom is 0.222 e. The van der Waals surface area contributed by atoms with E-state index in [4.69, 9.17) is 18.9 Å². The van der Waals surface area contributed by atoms with Crippen molar-refractivity contribution in [3.8, 4) is 0 Å². The normalized spacial score (nSPS) is 11.1. The van der Waals surface area contributed by atoms with Crippen LogP contribution in [0.5, 0.6) is 0 Å². The zero-order valence-electron chi connectivity index (χ0n) is 29.1. The molecular formula is C35H69N3O7. The summed E-state index contributed by atoms with van der Waals surface area (Å²) in [6, 6.07) is 0. The average Bonchev–Trinajstić information content (AvgIpc) is 3.03. The number of ether oxygens (including phenoxy) is 4. The Morgan fingerprint density at radius 1 is 0.356 bits per heavy atom. The number of hydrogen-bond donors (Lipinski definition) is 3. The van der Waals surface area contributed by atoms with Gasteiger partial charge in [-0.15, -0.1) is 0 Å². The molecule has 0 saturated heterocycles. The lowest BCUT2D eigenvalue weighted by Crippen LogP contribution is -2.29. The minimum Gasteiger partial charge on any atom is -0.379 e. The van der Waals surface area contributed by atoms with Gasteiger partial charge in [-0.25, -0.2) is 0 Å². The monoisotopic (exact) mass is 644 g/mol. The molecule has 266 valence electrons. The lowest BCUT2D eigenvalue weighted by atomic mass is 10.0. The molecule has 0 aliphatic carbocycles. The smallest absolute Gasteiger partial charge is 0.222 e. The van der Waals surface area contributed by atoms with Crippen LogP contribution >= 0.6 is 0 Å². The van der Waals surface area contributed by atoms with E-state index in [-0.39, 0.29) is 24.1 Å². The second-order valence-electron chi connectivity index (χ2n) is 11.7. The van der Waals surface area contributed by atoms with Crippen molar-refractivity contribution in [2.45, 2.75) is 136 Å². The van der Waals surface area contributed by atoms with Crippen LogP contribution in [0.4, 0.5) is 0 Å². The minimum absolute atomic E-state index is 0.0697. The van der Waals surface area contributed by atoms with Crippen LogP contribution in [0.15, 0.2) is 0 Å². The maximum absolute atomic E-state index is 12.0. The van der Waals surface area contributed by atoms with Crippen molar-refractivity contribution in [1.82, 2.24) is 16.0 Å². The number of carbonyl (C=O) groups is 3. The Bertz CT molecular complexity index is 667. The molecule has 0 aliphatic rings. The van der Waals surface area contributed by atoms with Gasteiger partial charge in [0.15, 0.2) is 0 Å². The zero-order chi connectivity index (χ0) is 32.9. The van der Waals surface area contributed by atoms with Gasteiger partial charge in [0.25, 0.3) is 0 Å². The Hall–Kier alpha value is -1.75. The lowest BCUT2D eigenvalue weighted by Gasteiger charge is -2.09. The SMILES string of the molecule is CCCCCCCCCCCCCCCC(=O)NCCOCCOCCNC(=O)CCOCCOCCNC(=O)CCCCC. The van der Waals surface area contributed by atoms with Gasteiger partial charge in [0, 0.05) is 38.9 Å². The molecule has 0 aliphatic heterocycles. The molecule has 10 heteroatoms. The fourth-order valence-corrected chi connectivity index (χ4v) is 4.70. The van der Waals surface area contributed by atoms with E-state index < -0.39 is 0 Å². The van der Waals surface area contributed by atoms with Crippen LogP contribution in [-0.2, 0) is 33.3 Å². The topological polar surface area (TPSA) is 124 Å². The summed E-state index contributed by atoms with van der Waals surface area (Å²) in [5, 5.41) is 8.54. The number of rotatable bonds is 36. The molecule has 0 spiro atoms. The zero-order valence-corrected chi connectivity index (χ0v) is 29.1. The van der Waals surface area contributed by atoms with Gasteiger partial charge in [0.1, 0.15) is 0 Å². The molecule has 0 heterocycles. The van der Waals surface area contributed by atoms with Crippen LogP contribution in [0.25, 0.3) is 0 Å². The summed E-state index contributed by atoms with van der Waals surface area (Å²) in [6.45, 7) is 9.19. The summed E-state index contributed by atoms with van der Waals surface area (Å²) < 4.78 is 21.8. The van der Waals surface area contributed by atoms with Crippen molar-refractivity contribution >= 4 is 17.7 Å². The third kappa shape index (κ3) is 36.6. The second kappa shape index (κ2) is 36.7. The van der Waals surface area contributed by atoms with Gasteiger partial charge in [-0.3, -0.25) is 14.4 Å². The number of hydrogen-bond acceptors (Lipinski definition) is 7. The van der Waals surface area contributed by atoms with Gasteiger partial charge in [-0.2, -0.15) is 0 Å². The quantitative estimate of drug-likeness (QED) is 0.0732. The summed E-state index contributed by atoms with van der Waals surface area (Å²) in [4.78, 5) is 35.4. The van der Waals surface area contributed by atoms with E-state index in [1.165, 1.54) is 70.6 Å². The first-order valence-corrected chi connectivity index (χ1v) is 18.2. The summed E-state index contributed by atoms with van der Waals surface area (Å²) in [5.74, 6) is 0.0822. The van der Waals surface area contributed by atoms with E-state index in [9.17, 15) is 14.4 Å². The fourth-order valence-electron chi connectivity index (χ4n) is 4.70. The molecule has 0 aromatic carbocycles. The molecule has 3 amide bonds.